The van der Waals surface area contributed by atoms with E-state index in [1.807, 2.05) is 37.3 Å². The summed E-state index contributed by atoms with van der Waals surface area (Å²) in [5, 5.41) is 3.18. The Balaban J connectivity index is 1.30. The van der Waals surface area contributed by atoms with E-state index < -0.39 is 0 Å². The van der Waals surface area contributed by atoms with Crippen LogP contribution < -0.4 is 33.9 Å². The molecule has 11 nitrogen and oxygen atoms in total. The Kier molecular flexibility index (Phi) is 10.7. The number of hydrogen-bond donors (Lipinski definition) is 2. The summed E-state index contributed by atoms with van der Waals surface area (Å²) < 4.78 is 27.7. The number of carbonyl (C=O) groups is 1. The second-order valence-corrected chi connectivity index (χ2v) is 11.4. The number of rotatable bonds is 13. The van der Waals surface area contributed by atoms with Gasteiger partial charge in [0, 0.05) is 43.2 Å². The minimum Gasteiger partial charge on any atom is -0.493 e. The van der Waals surface area contributed by atoms with Gasteiger partial charge >= 0.3 is 0 Å². The fraction of sp³-hybridized carbons (Fsp3) is 0.429. The number of aromatic nitrogens is 2. The number of nitrogens with one attached hydrogen (secondary N) is 2. The van der Waals surface area contributed by atoms with E-state index in [9.17, 15) is 4.79 Å². The molecular weight excluding hydrogens is 586 g/mol. The molecule has 246 valence electrons. The molecule has 1 aliphatic rings. The maximum absolute atomic E-state index is 13.6. The summed E-state index contributed by atoms with van der Waals surface area (Å²) in [4.78, 5) is 26.7. The van der Waals surface area contributed by atoms with Crippen LogP contribution in [0.5, 0.6) is 28.7 Å². The van der Waals surface area contributed by atoms with Crippen LogP contribution in [-0.4, -0.2) is 95.6 Å². The van der Waals surface area contributed by atoms with Crippen LogP contribution in [0.2, 0.25) is 0 Å². The normalized spacial score (nSPS) is 14.4. The lowest BCUT2D eigenvalue weighted by atomic mass is 9.94. The Morgan fingerprint density at radius 3 is 2.35 bits per heavy atom. The van der Waals surface area contributed by atoms with Crippen molar-refractivity contribution >= 4 is 22.9 Å². The lowest BCUT2D eigenvalue weighted by molar-refractivity contribution is 0.0948. The number of anilines is 1. The molecule has 0 aliphatic carbocycles. The lowest BCUT2D eigenvalue weighted by Crippen LogP contribution is -2.34. The molecule has 0 bridgehead atoms. The second kappa shape index (κ2) is 15.1. The van der Waals surface area contributed by atoms with E-state index in [0.29, 0.717) is 46.4 Å². The highest BCUT2D eigenvalue weighted by molar-refractivity contribution is 5.97. The summed E-state index contributed by atoms with van der Waals surface area (Å²) in [5.74, 6) is 3.44. The van der Waals surface area contributed by atoms with Crippen LogP contribution in [0.15, 0.2) is 48.5 Å². The molecule has 1 amide bonds. The maximum atomic E-state index is 13.6. The molecule has 1 fully saturated rings. The number of carbonyl (C=O) groups excluding carboxylic acids is 1. The molecule has 2 heterocycles. The molecule has 1 unspecified atom stereocenters. The molecule has 46 heavy (non-hydrogen) atoms. The molecule has 0 radical (unpaired) electrons. The first-order valence-electron chi connectivity index (χ1n) is 15.6. The SMILES string of the molecule is COc1ccc(C(CCN2CCCN(c3nc4ccccc4[nH]3)CC2)CNC(=O)c2cc(OC)c(OC)c(OC)c2C)cc1OC. The van der Waals surface area contributed by atoms with Crippen molar-refractivity contribution in [2.45, 2.75) is 25.7 Å². The van der Waals surface area contributed by atoms with Gasteiger partial charge in [-0.05, 0) is 68.8 Å². The number of para-hydroxylation sites is 2. The number of aromatic amines is 1. The highest BCUT2D eigenvalue weighted by Gasteiger charge is 2.24. The van der Waals surface area contributed by atoms with Crippen molar-refractivity contribution in [1.29, 1.82) is 0 Å². The molecule has 0 spiro atoms. The number of hydrogen-bond acceptors (Lipinski definition) is 9. The first-order valence-corrected chi connectivity index (χ1v) is 15.6. The van der Waals surface area contributed by atoms with Crippen LogP contribution in [-0.2, 0) is 0 Å². The molecule has 2 N–H and O–H groups in total. The Bertz CT molecular complexity index is 1610. The number of H-pyrrole nitrogens is 1. The molecule has 3 aromatic carbocycles. The van der Waals surface area contributed by atoms with Crippen LogP contribution in [0.1, 0.15) is 40.2 Å². The zero-order valence-corrected chi connectivity index (χ0v) is 27.6. The molecule has 11 heteroatoms. The van der Waals surface area contributed by atoms with E-state index in [1.54, 1.807) is 41.6 Å². The summed E-state index contributed by atoms with van der Waals surface area (Å²) in [7, 11) is 7.91. The summed E-state index contributed by atoms with van der Waals surface area (Å²) in [6, 6.07) is 15.8. The Morgan fingerprint density at radius 2 is 1.63 bits per heavy atom. The summed E-state index contributed by atoms with van der Waals surface area (Å²) >= 11 is 0. The average Bonchev–Trinajstić information content (AvgIpc) is 3.38. The summed E-state index contributed by atoms with van der Waals surface area (Å²) in [6.45, 7) is 6.90. The van der Waals surface area contributed by atoms with Crippen LogP contribution in [0.25, 0.3) is 11.0 Å². The molecule has 1 aliphatic heterocycles. The van der Waals surface area contributed by atoms with Gasteiger partial charge in [0.15, 0.2) is 23.0 Å². The fourth-order valence-electron chi connectivity index (χ4n) is 6.17. The number of fused-ring (bicyclic) bond motifs is 1. The number of imidazole rings is 1. The topological polar surface area (TPSA) is 110 Å². The van der Waals surface area contributed by atoms with Crippen molar-refractivity contribution < 1.29 is 28.5 Å². The first-order chi connectivity index (χ1) is 22.4. The standard InChI is InChI=1S/C35H45N5O6/c1-23-26(21-31(44-4)33(46-6)32(23)45-5)34(41)36-22-25(24-12-13-29(42-2)30(20-24)43-3)14-17-39-15-9-16-40(19-18-39)35-37-27-10-7-8-11-28(27)38-35/h7-8,10-13,20-21,25H,9,14-19,22H2,1-6H3,(H,36,41)(H,37,38). The van der Waals surface area contributed by atoms with Crippen molar-refractivity contribution in [3.05, 3.63) is 65.2 Å². The smallest absolute Gasteiger partial charge is 0.251 e. The predicted octanol–water partition coefficient (Wildman–Crippen LogP) is 5.03. The minimum absolute atomic E-state index is 0.0285. The number of amides is 1. The third kappa shape index (κ3) is 7.09. The largest absolute Gasteiger partial charge is 0.493 e. The van der Waals surface area contributed by atoms with Gasteiger partial charge < -0.3 is 43.8 Å². The Morgan fingerprint density at radius 1 is 0.870 bits per heavy atom. The summed E-state index contributed by atoms with van der Waals surface area (Å²) in [5.41, 5.74) is 4.26. The van der Waals surface area contributed by atoms with Crippen LogP contribution in [0.3, 0.4) is 0 Å². The monoisotopic (exact) mass is 631 g/mol. The van der Waals surface area contributed by atoms with Gasteiger partial charge in [0.1, 0.15) is 0 Å². The maximum Gasteiger partial charge on any atom is 0.251 e. The molecule has 1 saturated heterocycles. The highest BCUT2D eigenvalue weighted by atomic mass is 16.5. The molecular formula is C35H45N5O6. The van der Waals surface area contributed by atoms with Gasteiger partial charge in [0.2, 0.25) is 11.7 Å². The van der Waals surface area contributed by atoms with Crippen molar-refractivity contribution in [3.63, 3.8) is 0 Å². The third-order valence-corrected chi connectivity index (χ3v) is 8.77. The Hall–Kier alpha value is -4.64. The number of benzene rings is 3. The molecule has 5 rings (SSSR count). The third-order valence-electron chi connectivity index (χ3n) is 8.77. The van der Waals surface area contributed by atoms with E-state index in [2.05, 4.69) is 32.2 Å². The van der Waals surface area contributed by atoms with Crippen molar-refractivity contribution in [2.75, 3.05) is 79.7 Å². The van der Waals surface area contributed by atoms with Gasteiger partial charge in [-0.1, -0.05) is 18.2 Å². The highest BCUT2D eigenvalue weighted by Crippen LogP contribution is 2.41. The minimum atomic E-state index is -0.210. The number of methoxy groups -OCH3 is 5. The molecule has 1 atom stereocenters. The van der Waals surface area contributed by atoms with E-state index in [1.165, 1.54) is 0 Å². The molecule has 1 aromatic heterocycles. The predicted molar refractivity (Wildman–Crippen MR) is 179 cm³/mol. The second-order valence-electron chi connectivity index (χ2n) is 11.4. The average molecular weight is 632 g/mol. The van der Waals surface area contributed by atoms with Crippen LogP contribution >= 0.6 is 0 Å². The van der Waals surface area contributed by atoms with E-state index in [4.69, 9.17) is 28.7 Å². The summed E-state index contributed by atoms with van der Waals surface area (Å²) in [6.07, 6.45) is 1.88. The van der Waals surface area contributed by atoms with E-state index >= 15 is 0 Å². The van der Waals surface area contributed by atoms with Crippen LogP contribution in [0.4, 0.5) is 5.95 Å². The number of nitrogens with zero attached hydrogens (tertiary/aromatic N) is 3. The van der Waals surface area contributed by atoms with Crippen LogP contribution in [0, 0.1) is 6.92 Å². The lowest BCUT2D eigenvalue weighted by Gasteiger charge is -2.25. The van der Waals surface area contributed by atoms with Gasteiger partial charge in [0.05, 0.1) is 46.6 Å². The zero-order chi connectivity index (χ0) is 32.6. The number of ether oxygens (including phenoxy) is 5. The quantitative estimate of drug-likeness (QED) is 0.210. The Labute approximate surface area is 270 Å². The van der Waals surface area contributed by atoms with Gasteiger partial charge in [-0.3, -0.25) is 4.79 Å². The van der Waals surface area contributed by atoms with Gasteiger partial charge in [-0.2, -0.15) is 0 Å². The van der Waals surface area contributed by atoms with E-state index in [-0.39, 0.29) is 11.8 Å². The fourth-order valence-corrected chi connectivity index (χ4v) is 6.17. The van der Waals surface area contributed by atoms with E-state index in [0.717, 1.165) is 68.1 Å². The van der Waals surface area contributed by atoms with Crippen molar-refractivity contribution in [3.8, 4) is 28.7 Å². The van der Waals surface area contributed by atoms with Gasteiger partial charge in [-0.25, -0.2) is 4.98 Å². The van der Waals surface area contributed by atoms with Crippen molar-refractivity contribution in [2.24, 2.45) is 0 Å². The van der Waals surface area contributed by atoms with Gasteiger partial charge in [-0.15, -0.1) is 0 Å². The zero-order valence-electron chi connectivity index (χ0n) is 27.6. The first kappa shape index (κ1) is 32.7. The van der Waals surface area contributed by atoms with Gasteiger partial charge in [0.25, 0.3) is 5.91 Å². The molecule has 4 aromatic rings. The molecule has 0 saturated carbocycles. The van der Waals surface area contributed by atoms with Crippen molar-refractivity contribution in [1.82, 2.24) is 20.2 Å².